The van der Waals surface area contributed by atoms with Crippen LogP contribution in [0.3, 0.4) is 0 Å². The highest BCUT2D eigenvalue weighted by atomic mass is 16.5. The van der Waals surface area contributed by atoms with E-state index in [9.17, 15) is 4.79 Å². The van der Waals surface area contributed by atoms with Crippen molar-refractivity contribution in [3.63, 3.8) is 0 Å². The minimum absolute atomic E-state index is 0.0122. The van der Waals surface area contributed by atoms with E-state index in [2.05, 4.69) is 26.3 Å². The van der Waals surface area contributed by atoms with Crippen LogP contribution in [0.15, 0.2) is 48.7 Å². The molecule has 0 bridgehead atoms. The molecule has 0 spiro atoms. The monoisotopic (exact) mass is 458 g/mol. The molecule has 176 valence electrons. The Labute approximate surface area is 199 Å². The van der Waals surface area contributed by atoms with E-state index in [0.717, 1.165) is 82.8 Å². The maximum absolute atomic E-state index is 12.2. The second-order valence-electron chi connectivity index (χ2n) is 8.27. The van der Waals surface area contributed by atoms with Gasteiger partial charge in [0.1, 0.15) is 12.4 Å². The van der Waals surface area contributed by atoms with Crippen LogP contribution in [0, 0.1) is 0 Å². The number of carbonyl (C=O) groups excluding carboxylic acids is 1. The van der Waals surface area contributed by atoms with Gasteiger partial charge in [0, 0.05) is 53.2 Å². The number of nitrogens with zero attached hydrogens (tertiary/aromatic N) is 2. The van der Waals surface area contributed by atoms with Crippen LogP contribution in [0.5, 0.6) is 5.75 Å². The number of benzene rings is 2. The number of amides is 1. The number of ether oxygens (including phenoxy) is 2. The van der Waals surface area contributed by atoms with Gasteiger partial charge >= 0.3 is 0 Å². The number of H-pyrrole nitrogens is 1. The lowest BCUT2D eigenvalue weighted by molar-refractivity contribution is 0.0322. The van der Waals surface area contributed by atoms with Gasteiger partial charge in [0.15, 0.2) is 0 Å². The first-order valence-corrected chi connectivity index (χ1v) is 12.0. The summed E-state index contributed by atoms with van der Waals surface area (Å²) in [5.41, 5.74) is 4.58. The van der Waals surface area contributed by atoms with Crippen molar-refractivity contribution in [2.24, 2.45) is 0 Å². The average Bonchev–Trinajstić information content (AvgIpc) is 3.45. The SMILES string of the molecule is CC.O=C1NCc2[nH]c3c(ccc4cnc(-c5cccc(OCCN6CCOCC6)c5)cc43)c21. The molecule has 6 rings (SSSR count). The number of rotatable bonds is 5. The summed E-state index contributed by atoms with van der Waals surface area (Å²) in [4.78, 5) is 22.7. The van der Waals surface area contributed by atoms with E-state index in [1.807, 2.05) is 56.4 Å². The van der Waals surface area contributed by atoms with Crippen molar-refractivity contribution in [2.45, 2.75) is 20.4 Å². The molecule has 1 fully saturated rings. The summed E-state index contributed by atoms with van der Waals surface area (Å²) in [6.07, 6.45) is 1.89. The molecule has 0 unspecified atom stereocenters. The van der Waals surface area contributed by atoms with Gasteiger partial charge in [-0.05, 0) is 18.2 Å². The van der Waals surface area contributed by atoms with Crippen LogP contribution < -0.4 is 10.1 Å². The third kappa shape index (κ3) is 4.24. The van der Waals surface area contributed by atoms with Crippen molar-refractivity contribution in [3.8, 4) is 17.0 Å². The molecule has 2 aliphatic heterocycles. The molecule has 34 heavy (non-hydrogen) atoms. The molecule has 0 atom stereocenters. The molecule has 0 aliphatic carbocycles. The standard InChI is InChI=1S/C25H24N4O3.C2H6/c30-25-23-19-5-4-17-14-26-21(13-20(17)24(19)28-22(23)15-27-25)16-2-1-3-18(12-16)32-11-8-29-6-9-31-10-7-29;1-2/h1-5,12-14,28H,6-11,15H2,(H,27,30);1-2H3. The maximum atomic E-state index is 12.2. The molecule has 7 heteroatoms. The summed E-state index contributed by atoms with van der Waals surface area (Å²) < 4.78 is 11.4. The van der Waals surface area contributed by atoms with E-state index in [-0.39, 0.29) is 5.91 Å². The smallest absolute Gasteiger partial charge is 0.254 e. The Kier molecular flexibility index (Phi) is 6.47. The van der Waals surface area contributed by atoms with E-state index in [1.54, 1.807) is 0 Å². The minimum atomic E-state index is -0.0122. The summed E-state index contributed by atoms with van der Waals surface area (Å²) in [6.45, 7) is 9.60. The van der Waals surface area contributed by atoms with Crippen molar-refractivity contribution in [1.82, 2.24) is 20.2 Å². The minimum Gasteiger partial charge on any atom is -0.492 e. The quantitative estimate of drug-likeness (QED) is 0.464. The second-order valence-corrected chi connectivity index (χ2v) is 8.27. The highest BCUT2D eigenvalue weighted by Gasteiger charge is 2.25. The first kappa shape index (κ1) is 22.4. The normalized spacial score (nSPS) is 15.6. The van der Waals surface area contributed by atoms with Crippen molar-refractivity contribution in [3.05, 3.63) is 59.9 Å². The molecule has 2 aromatic heterocycles. The molecule has 0 radical (unpaired) electrons. The zero-order valence-corrected chi connectivity index (χ0v) is 19.7. The zero-order valence-electron chi connectivity index (χ0n) is 19.7. The van der Waals surface area contributed by atoms with Gasteiger partial charge < -0.3 is 19.8 Å². The third-order valence-corrected chi connectivity index (χ3v) is 6.31. The van der Waals surface area contributed by atoms with Gasteiger partial charge in [-0.25, -0.2) is 0 Å². The number of pyridine rings is 1. The van der Waals surface area contributed by atoms with Crippen LogP contribution in [-0.2, 0) is 11.3 Å². The van der Waals surface area contributed by atoms with Gasteiger partial charge in [-0.1, -0.05) is 38.1 Å². The van der Waals surface area contributed by atoms with Crippen molar-refractivity contribution < 1.29 is 14.3 Å². The number of fused-ring (bicyclic) bond motifs is 5. The molecule has 7 nitrogen and oxygen atoms in total. The van der Waals surface area contributed by atoms with Gasteiger partial charge in [-0.15, -0.1) is 0 Å². The van der Waals surface area contributed by atoms with Crippen molar-refractivity contribution in [2.75, 3.05) is 39.5 Å². The molecule has 0 saturated carbocycles. The Balaban J connectivity index is 0.00000117. The van der Waals surface area contributed by atoms with E-state index < -0.39 is 0 Å². The fraction of sp³-hybridized carbons (Fsp3) is 0.333. The predicted molar refractivity (Wildman–Crippen MR) is 134 cm³/mol. The van der Waals surface area contributed by atoms with Crippen molar-refractivity contribution >= 4 is 27.6 Å². The number of aromatic nitrogens is 2. The highest BCUT2D eigenvalue weighted by Crippen LogP contribution is 2.33. The highest BCUT2D eigenvalue weighted by molar-refractivity contribution is 6.16. The molecular weight excluding hydrogens is 428 g/mol. The van der Waals surface area contributed by atoms with E-state index in [1.165, 1.54) is 0 Å². The van der Waals surface area contributed by atoms with Gasteiger partial charge in [-0.2, -0.15) is 0 Å². The summed E-state index contributed by atoms with van der Waals surface area (Å²) in [7, 11) is 0. The van der Waals surface area contributed by atoms with Crippen LogP contribution in [0.4, 0.5) is 0 Å². The Hall–Kier alpha value is -3.42. The topological polar surface area (TPSA) is 79.5 Å². The number of hydrogen-bond acceptors (Lipinski definition) is 5. The van der Waals surface area contributed by atoms with E-state index in [4.69, 9.17) is 9.47 Å². The van der Waals surface area contributed by atoms with Crippen LogP contribution >= 0.6 is 0 Å². The van der Waals surface area contributed by atoms with Gasteiger partial charge in [0.25, 0.3) is 5.91 Å². The molecule has 2 aliphatic rings. The molecule has 2 N–H and O–H groups in total. The molecule has 1 saturated heterocycles. The molecule has 1 amide bonds. The predicted octanol–water partition coefficient (Wildman–Crippen LogP) is 4.36. The summed E-state index contributed by atoms with van der Waals surface area (Å²) >= 11 is 0. The van der Waals surface area contributed by atoms with Crippen LogP contribution in [0.1, 0.15) is 29.9 Å². The lowest BCUT2D eigenvalue weighted by Gasteiger charge is -2.26. The Morgan fingerprint density at radius 1 is 1.09 bits per heavy atom. The van der Waals surface area contributed by atoms with E-state index >= 15 is 0 Å². The lowest BCUT2D eigenvalue weighted by atomic mass is 10.0. The van der Waals surface area contributed by atoms with Crippen LogP contribution in [0.2, 0.25) is 0 Å². The fourth-order valence-corrected chi connectivity index (χ4v) is 4.61. The Morgan fingerprint density at radius 2 is 1.94 bits per heavy atom. The van der Waals surface area contributed by atoms with E-state index in [0.29, 0.717) is 13.2 Å². The maximum Gasteiger partial charge on any atom is 0.254 e. The van der Waals surface area contributed by atoms with Crippen LogP contribution in [0.25, 0.3) is 32.9 Å². The number of morpholine rings is 1. The largest absolute Gasteiger partial charge is 0.492 e. The van der Waals surface area contributed by atoms with Crippen molar-refractivity contribution in [1.29, 1.82) is 0 Å². The van der Waals surface area contributed by atoms with Crippen LogP contribution in [-0.4, -0.2) is 60.2 Å². The molecule has 4 heterocycles. The first-order chi connectivity index (χ1) is 16.8. The zero-order chi connectivity index (χ0) is 23.5. The summed E-state index contributed by atoms with van der Waals surface area (Å²) in [5.74, 6) is 0.827. The second kappa shape index (κ2) is 9.83. The molecular formula is C27H30N4O3. The molecule has 2 aromatic carbocycles. The number of carbonyl (C=O) groups is 1. The number of hydrogen-bond donors (Lipinski definition) is 2. The molecule has 4 aromatic rings. The van der Waals surface area contributed by atoms with Gasteiger partial charge in [-0.3, -0.25) is 14.7 Å². The average molecular weight is 459 g/mol. The fourth-order valence-electron chi connectivity index (χ4n) is 4.61. The third-order valence-electron chi connectivity index (χ3n) is 6.31. The Bertz CT molecular complexity index is 1320. The summed E-state index contributed by atoms with van der Waals surface area (Å²) in [5, 5.41) is 5.94. The Morgan fingerprint density at radius 3 is 2.79 bits per heavy atom. The number of nitrogens with one attached hydrogen (secondary N) is 2. The first-order valence-electron chi connectivity index (χ1n) is 12.0. The van der Waals surface area contributed by atoms with Gasteiger partial charge in [0.05, 0.1) is 36.5 Å². The summed E-state index contributed by atoms with van der Waals surface area (Å²) in [6, 6.07) is 14.2. The lowest BCUT2D eigenvalue weighted by Crippen LogP contribution is -2.38. The number of aromatic amines is 1. The van der Waals surface area contributed by atoms with Gasteiger partial charge in [0.2, 0.25) is 0 Å².